The molecule has 2 aromatic rings. The van der Waals surface area contributed by atoms with Gasteiger partial charge in [0.25, 0.3) is 5.91 Å². The number of methoxy groups -OCH3 is 1. The first-order chi connectivity index (χ1) is 10.3. The lowest BCUT2D eigenvalue weighted by Crippen LogP contribution is -2.24. The summed E-state index contributed by atoms with van der Waals surface area (Å²) in [6.07, 6.45) is 0.746. The van der Waals surface area contributed by atoms with Crippen LogP contribution in [0.15, 0.2) is 54.6 Å². The van der Waals surface area contributed by atoms with Gasteiger partial charge in [-0.05, 0) is 36.2 Å². The smallest absolute Gasteiger partial charge is 0.296 e. The van der Waals surface area contributed by atoms with E-state index >= 15 is 0 Å². The molecule has 0 atom stereocenters. The molecule has 2 rings (SSSR count). The Balaban J connectivity index is 1.81. The zero-order chi connectivity index (χ0) is 14.9. The first-order valence-corrected chi connectivity index (χ1v) is 6.76. The number of hydrogen-bond donors (Lipinski definition) is 1. The van der Waals surface area contributed by atoms with Crippen molar-refractivity contribution < 1.29 is 9.53 Å². The van der Waals surface area contributed by atoms with Gasteiger partial charge in [0.1, 0.15) is 5.75 Å². The van der Waals surface area contributed by atoms with E-state index in [2.05, 4.69) is 17.2 Å². The third-order valence-electron chi connectivity index (χ3n) is 2.93. The molecule has 21 heavy (non-hydrogen) atoms. The second-order valence-corrected chi connectivity index (χ2v) is 4.47. The van der Waals surface area contributed by atoms with Gasteiger partial charge >= 0.3 is 0 Å². The average Bonchev–Trinajstić information content (AvgIpc) is 2.54. The summed E-state index contributed by atoms with van der Waals surface area (Å²) >= 11 is 0. The Morgan fingerprint density at radius 1 is 1.14 bits per heavy atom. The predicted octanol–water partition coefficient (Wildman–Crippen LogP) is 2.41. The van der Waals surface area contributed by atoms with E-state index < -0.39 is 0 Å². The van der Waals surface area contributed by atoms with Crippen LogP contribution in [-0.4, -0.2) is 19.6 Å². The number of nitrogens with one attached hydrogen (secondary N) is 1. The number of benzene rings is 2. The fourth-order valence-corrected chi connectivity index (χ4v) is 1.84. The summed E-state index contributed by atoms with van der Waals surface area (Å²) in [7, 11) is 1.64. The summed E-state index contributed by atoms with van der Waals surface area (Å²) in [5, 5.41) is 2.79. The summed E-state index contributed by atoms with van der Waals surface area (Å²) < 4.78 is 5.16. The van der Waals surface area contributed by atoms with Gasteiger partial charge in [-0.15, -0.1) is 0 Å². The molecule has 0 spiro atoms. The van der Waals surface area contributed by atoms with Crippen molar-refractivity contribution >= 4 is 5.91 Å². The molecule has 0 aliphatic heterocycles. The zero-order valence-corrected chi connectivity index (χ0v) is 11.9. The minimum atomic E-state index is -0.262. The van der Waals surface area contributed by atoms with Crippen LogP contribution in [-0.2, 0) is 11.2 Å². The van der Waals surface area contributed by atoms with Crippen molar-refractivity contribution in [3.63, 3.8) is 0 Å². The van der Waals surface area contributed by atoms with E-state index in [1.54, 1.807) is 7.11 Å². The van der Waals surface area contributed by atoms with Crippen molar-refractivity contribution in [3.8, 4) is 17.6 Å². The number of hydrogen-bond acceptors (Lipinski definition) is 2. The van der Waals surface area contributed by atoms with Crippen LogP contribution < -0.4 is 10.1 Å². The van der Waals surface area contributed by atoms with Crippen molar-refractivity contribution in [3.05, 3.63) is 65.7 Å². The second-order valence-electron chi connectivity index (χ2n) is 4.47. The third kappa shape index (κ3) is 5.04. The van der Waals surface area contributed by atoms with Gasteiger partial charge in [0.05, 0.1) is 7.11 Å². The molecule has 0 unspecified atom stereocenters. The highest BCUT2D eigenvalue weighted by atomic mass is 16.5. The number of carbonyl (C=O) groups excluding carboxylic acids is 1. The Kier molecular flexibility index (Phi) is 5.42. The van der Waals surface area contributed by atoms with Crippen molar-refractivity contribution in [1.82, 2.24) is 5.32 Å². The van der Waals surface area contributed by atoms with Crippen LogP contribution in [0.4, 0.5) is 0 Å². The van der Waals surface area contributed by atoms with Crippen LogP contribution in [0.2, 0.25) is 0 Å². The molecule has 1 amide bonds. The SMILES string of the molecule is COc1cccc(CCNC(=O)C#Cc2ccccc2)c1. The maximum absolute atomic E-state index is 11.6. The molecule has 2 aromatic carbocycles. The Hall–Kier alpha value is -2.73. The summed E-state index contributed by atoms with van der Waals surface area (Å²) in [4.78, 5) is 11.6. The largest absolute Gasteiger partial charge is 0.497 e. The van der Waals surface area contributed by atoms with E-state index in [-0.39, 0.29) is 5.91 Å². The Morgan fingerprint density at radius 2 is 1.95 bits per heavy atom. The molecule has 0 heterocycles. The highest BCUT2D eigenvalue weighted by Gasteiger charge is 1.98. The molecule has 1 N–H and O–H groups in total. The highest BCUT2D eigenvalue weighted by molar-refractivity contribution is 5.94. The third-order valence-corrected chi connectivity index (χ3v) is 2.93. The number of ether oxygens (including phenoxy) is 1. The Bertz CT molecular complexity index is 654. The molecule has 0 saturated carbocycles. The maximum atomic E-state index is 11.6. The van der Waals surface area contributed by atoms with Crippen LogP contribution in [0.3, 0.4) is 0 Å². The number of rotatable bonds is 4. The maximum Gasteiger partial charge on any atom is 0.296 e. The van der Waals surface area contributed by atoms with Crippen molar-refractivity contribution in [2.75, 3.05) is 13.7 Å². The molecule has 3 heteroatoms. The molecule has 0 saturated heterocycles. The van der Waals surface area contributed by atoms with E-state index in [4.69, 9.17) is 4.74 Å². The standard InChI is InChI=1S/C18H17NO2/c1-21-17-9-5-8-16(14-17)12-13-19-18(20)11-10-15-6-3-2-4-7-15/h2-9,14H,12-13H2,1H3,(H,19,20). The lowest BCUT2D eigenvalue weighted by Gasteiger charge is -2.04. The minimum absolute atomic E-state index is 0.262. The minimum Gasteiger partial charge on any atom is -0.497 e. The van der Waals surface area contributed by atoms with E-state index in [0.29, 0.717) is 6.54 Å². The zero-order valence-electron chi connectivity index (χ0n) is 11.9. The predicted molar refractivity (Wildman–Crippen MR) is 83.0 cm³/mol. The molecular weight excluding hydrogens is 262 g/mol. The number of amides is 1. The molecule has 106 valence electrons. The van der Waals surface area contributed by atoms with Crippen LogP contribution >= 0.6 is 0 Å². The topological polar surface area (TPSA) is 38.3 Å². The van der Waals surface area contributed by atoms with E-state index in [0.717, 1.165) is 23.3 Å². The first-order valence-electron chi connectivity index (χ1n) is 6.76. The first kappa shape index (κ1) is 14.7. The highest BCUT2D eigenvalue weighted by Crippen LogP contribution is 2.12. The van der Waals surface area contributed by atoms with Gasteiger partial charge in [-0.1, -0.05) is 36.3 Å². The molecular formula is C18H17NO2. The van der Waals surface area contributed by atoms with Crippen LogP contribution in [0, 0.1) is 11.8 Å². The lowest BCUT2D eigenvalue weighted by molar-refractivity contribution is -0.115. The average molecular weight is 279 g/mol. The Morgan fingerprint density at radius 3 is 2.71 bits per heavy atom. The van der Waals surface area contributed by atoms with E-state index in [1.165, 1.54) is 0 Å². The molecule has 0 aliphatic carbocycles. The van der Waals surface area contributed by atoms with E-state index in [9.17, 15) is 4.79 Å². The van der Waals surface area contributed by atoms with Crippen molar-refractivity contribution in [2.24, 2.45) is 0 Å². The fourth-order valence-electron chi connectivity index (χ4n) is 1.84. The molecule has 0 bridgehead atoms. The van der Waals surface area contributed by atoms with Crippen LogP contribution in [0.25, 0.3) is 0 Å². The molecule has 0 fully saturated rings. The van der Waals surface area contributed by atoms with Crippen LogP contribution in [0.1, 0.15) is 11.1 Å². The normalized spacial score (nSPS) is 9.38. The number of carbonyl (C=O) groups is 1. The molecule has 0 radical (unpaired) electrons. The Labute approximate surface area is 125 Å². The van der Waals surface area contributed by atoms with Crippen molar-refractivity contribution in [2.45, 2.75) is 6.42 Å². The van der Waals surface area contributed by atoms with Gasteiger partial charge < -0.3 is 10.1 Å². The second kappa shape index (κ2) is 7.76. The van der Waals surface area contributed by atoms with Gasteiger partial charge in [0.15, 0.2) is 0 Å². The van der Waals surface area contributed by atoms with Gasteiger partial charge in [-0.25, -0.2) is 0 Å². The van der Waals surface area contributed by atoms with Gasteiger partial charge in [0.2, 0.25) is 0 Å². The van der Waals surface area contributed by atoms with E-state index in [1.807, 2.05) is 54.6 Å². The summed E-state index contributed by atoms with van der Waals surface area (Å²) in [6.45, 7) is 0.551. The molecule has 3 nitrogen and oxygen atoms in total. The lowest BCUT2D eigenvalue weighted by atomic mass is 10.1. The van der Waals surface area contributed by atoms with Gasteiger partial charge in [-0.2, -0.15) is 0 Å². The quantitative estimate of drug-likeness (QED) is 0.873. The molecule has 0 aromatic heterocycles. The monoisotopic (exact) mass is 279 g/mol. The molecule has 0 aliphatic rings. The summed E-state index contributed by atoms with van der Waals surface area (Å²) in [6, 6.07) is 17.2. The van der Waals surface area contributed by atoms with Gasteiger partial charge in [0, 0.05) is 18.0 Å². The van der Waals surface area contributed by atoms with Gasteiger partial charge in [-0.3, -0.25) is 4.79 Å². The summed E-state index contributed by atoms with van der Waals surface area (Å²) in [5.41, 5.74) is 1.95. The summed E-state index contributed by atoms with van der Waals surface area (Å²) in [5.74, 6) is 5.97. The van der Waals surface area contributed by atoms with Crippen molar-refractivity contribution in [1.29, 1.82) is 0 Å². The fraction of sp³-hybridized carbons (Fsp3) is 0.167. The van der Waals surface area contributed by atoms with Crippen LogP contribution in [0.5, 0.6) is 5.75 Å².